The lowest BCUT2D eigenvalue weighted by Crippen LogP contribution is -2.02. The molecule has 2 rings (SSSR count). The number of nitrogens with zero attached hydrogens (tertiary/aromatic N) is 3. The average molecular weight is 268 g/mol. The third-order valence-corrected chi connectivity index (χ3v) is 2.60. The minimum Gasteiger partial charge on any atom is -0.389 e. The second-order valence-electron chi connectivity index (χ2n) is 3.22. The summed E-state index contributed by atoms with van der Waals surface area (Å²) >= 11 is 3.39. The minimum atomic E-state index is -0.530. The van der Waals surface area contributed by atoms with Gasteiger partial charge >= 0.3 is 0 Å². The van der Waals surface area contributed by atoms with Gasteiger partial charge in [-0.25, -0.2) is 9.67 Å². The molecule has 1 aromatic carbocycles. The molecule has 0 aliphatic rings. The molecule has 0 fully saturated rings. The maximum Gasteiger partial charge on any atom is 0.138 e. The Morgan fingerprint density at radius 3 is 2.87 bits per heavy atom. The molecule has 4 nitrogen and oxygen atoms in total. The zero-order valence-electron chi connectivity index (χ0n) is 8.13. The van der Waals surface area contributed by atoms with Gasteiger partial charge in [0.1, 0.15) is 12.7 Å². The summed E-state index contributed by atoms with van der Waals surface area (Å²) in [5.41, 5.74) is 1.65. The van der Waals surface area contributed by atoms with E-state index < -0.39 is 6.10 Å². The summed E-state index contributed by atoms with van der Waals surface area (Å²) in [6, 6.07) is 5.66. The molecule has 1 N–H and O–H groups in total. The van der Waals surface area contributed by atoms with Gasteiger partial charge in [0.15, 0.2) is 0 Å². The smallest absolute Gasteiger partial charge is 0.138 e. The van der Waals surface area contributed by atoms with Crippen LogP contribution in [0.1, 0.15) is 18.6 Å². The van der Waals surface area contributed by atoms with Crippen LogP contribution in [0.15, 0.2) is 35.3 Å². The number of rotatable bonds is 2. The van der Waals surface area contributed by atoms with E-state index in [1.807, 2.05) is 18.2 Å². The number of benzene rings is 1. The van der Waals surface area contributed by atoms with Crippen molar-refractivity contribution >= 4 is 15.9 Å². The summed E-state index contributed by atoms with van der Waals surface area (Å²) in [6.07, 6.45) is 2.54. The van der Waals surface area contributed by atoms with Crippen LogP contribution in [0.25, 0.3) is 5.69 Å². The van der Waals surface area contributed by atoms with E-state index in [2.05, 4.69) is 26.0 Å². The highest BCUT2D eigenvalue weighted by Gasteiger charge is 2.10. The molecule has 0 radical (unpaired) electrons. The first-order valence-electron chi connectivity index (χ1n) is 4.51. The number of aromatic nitrogens is 3. The summed E-state index contributed by atoms with van der Waals surface area (Å²) in [7, 11) is 0. The maximum atomic E-state index is 9.62. The van der Waals surface area contributed by atoms with Gasteiger partial charge in [-0.3, -0.25) is 0 Å². The van der Waals surface area contributed by atoms with Gasteiger partial charge in [-0.2, -0.15) is 5.10 Å². The van der Waals surface area contributed by atoms with Crippen LogP contribution in [-0.2, 0) is 0 Å². The van der Waals surface area contributed by atoms with Gasteiger partial charge in [0.05, 0.1) is 11.8 Å². The molecule has 0 bridgehead atoms. The van der Waals surface area contributed by atoms with Crippen molar-refractivity contribution in [3.8, 4) is 5.69 Å². The molecule has 0 aliphatic heterocycles. The lowest BCUT2D eigenvalue weighted by molar-refractivity contribution is 0.199. The van der Waals surface area contributed by atoms with Gasteiger partial charge in [0, 0.05) is 10.0 Å². The first kappa shape index (κ1) is 10.3. The molecule has 5 heteroatoms. The van der Waals surface area contributed by atoms with Gasteiger partial charge in [0.25, 0.3) is 0 Å². The Morgan fingerprint density at radius 2 is 2.27 bits per heavy atom. The molecule has 2 aromatic rings. The summed E-state index contributed by atoms with van der Waals surface area (Å²) in [4.78, 5) is 3.88. The van der Waals surface area contributed by atoms with Gasteiger partial charge < -0.3 is 5.11 Å². The van der Waals surface area contributed by atoms with E-state index in [9.17, 15) is 5.11 Å². The van der Waals surface area contributed by atoms with Crippen LogP contribution in [0.5, 0.6) is 0 Å². The normalized spacial score (nSPS) is 12.7. The zero-order valence-corrected chi connectivity index (χ0v) is 9.72. The summed E-state index contributed by atoms with van der Waals surface area (Å²) in [5, 5.41) is 13.7. The SMILES string of the molecule is CC(O)c1ccc(Br)cc1-n1cncn1. The van der Waals surface area contributed by atoms with E-state index in [4.69, 9.17) is 0 Å². The molecule has 0 saturated heterocycles. The molecule has 1 atom stereocenters. The summed E-state index contributed by atoms with van der Waals surface area (Å²) in [5.74, 6) is 0. The molecule has 0 aliphatic carbocycles. The van der Waals surface area contributed by atoms with E-state index >= 15 is 0 Å². The average Bonchev–Trinajstić information content (AvgIpc) is 2.69. The van der Waals surface area contributed by atoms with Crippen molar-refractivity contribution in [3.05, 3.63) is 40.9 Å². The van der Waals surface area contributed by atoms with Crippen molar-refractivity contribution in [2.45, 2.75) is 13.0 Å². The van der Waals surface area contributed by atoms with Crippen LogP contribution >= 0.6 is 15.9 Å². The summed E-state index contributed by atoms with van der Waals surface area (Å²) in [6.45, 7) is 1.73. The molecule has 1 heterocycles. The molecular formula is C10H10BrN3O. The van der Waals surface area contributed by atoms with Crippen molar-refractivity contribution in [2.24, 2.45) is 0 Å². The monoisotopic (exact) mass is 267 g/mol. The number of hydrogen-bond donors (Lipinski definition) is 1. The topological polar surface area (TPSA) is 50.9 Å². The van der Waals surface area contributed by atoms with E-state index in [1.165, 1.54) is 6.33 Å². The molecule has 0 amide bonds. The minimum absolute atomic E-state index is 0.530. The van der Waals surface area contributed by atoms with E-state index in [0.717, 1.165) is 15.7 Å². The third-order valence-electron chi connectivity index (χ3n) is 2.11. The highest BCUT2D eigenvalue weighted by Crippen LogP contribution is 2.24. The maximum absolute atomic E-state index is 9.62. The predicted molar refractivity (Wildman–Crippen MR) is 59.7 cm³/mol. The van der Waals surface area contributed by atoms with Gasteiger partial charge in [-0.05, 0) is 19.1 Å². The Hall–Kier alpha value is -1.20. The Kier molecular flexibility index (Phi) is 2.83. The van der Waals surface area contributed by atoms with Crippen molar-refractivity contribution in [3.63, 3.8) is 0 Å². The number of aliphatic hydroxyl groups is 1. The van der Waals surface area contributed by atoms with E-state index in [1.54, 1.807) is 17.9 Å². The second-order valence-corrected chi connectivity index (χ2v) is 4.13. The van der Waals surface area contributed by atoms with Crippen LogP contribution in [0.3, 0.4) is 0 Å². The zero-order chi connectivity index (χ0) is 10.8. The molecule has 0 saturated carbocycles. The van der Waals surface area contributed by atoms with Gasteiger partial charge in [-0.1, -0.05) is 22.0 Å². The fraction of sp³-hybridized carbons (Fsp3) is 0.200. The predicted octanol–water partition coefficient (Wildman–Crippen LogP) is 2.08. The van der Waals surface area contributed by atoms with Crippen molar-refractivity contribution < 1.29 is 5.11 Å². The fourth-order valence-electron chi connectivity index (χ4n) is 1.40. The van der Waals surface area contributed by atoms with Crippen molar-refractivity contribution in [2.75, 3.05) is 0 Å². The van der Waals surface area contributed by atoms with E-state index in [0.29, 0.717) is 0 Å². The Balaban J connectivity index is 2.58. The fourth-order valence-corrected chi connectivity index (χ4v) is 1.75. The number of halogens is 1. The second kappa shape index (κ2) is 4.12. The summed E-state index contributed by atoms with van der Waals surface area (Å²) < 4.78 is 2.57. The Morgan fingerprint density at radius 1 is 1.47 bits per heavy atom. The lowest BCUT2D eigenvalue weighted by Gasteiger charge is -2.11. The van der Waals surface area contributed by atoms with Crippen LogP contribution < -0.4 is 0 Å². The quantitative estimate of drug-likeness (QED) is 0.907. The molecular weight excluding hydrogens is 258 g/mol. The Bertz CT molecular complexity index is 454. The van der Waals surface area contributed by atoms with Crippen molar-refractivity contribution in [1.82, 2.24) is 14.8 Å². The Labute approximate surface area is 95.7 Å². The first-order chi connectivity index (χ1) is 7.18. The van der Waals surface area contributed by atoms with Crippen LogP contribution in [0.4, 0.5) is 0 Å². The van der Waals surface area contributed by atoms with Gasteiger partial charge in [0.2, 0.25) is 0 Å². The lowest BCUT2D eigenvalue weighted by atomic mass is 10.1. The van der Waals surface area contributed by atoms with Crippen LogP contribution in [0.2, 0.25) is 0 Å². The standard InChI is InChI=1S/C10H10BrN3O/c1-7(15)9-3-2-8(11)4-10(9)14-6-12-5-13-14/h2-7,15H,1H3. The molecule has 1 aromatic heterocycles. The highest BCUT2D eigenvalue weighted by atomic mass is 79.9. The molecule has 0 spiro atoms. The molecule has 78 valence electrons. The highest BCUT2D eigenvalue weighted by molar-refractivity contribution is 9.10. The van der Waals surface area contributed by atoms with E-state index in [-0.39, 0.29) is 0 Å². The van der Waals surface area contributed by atoms with Crippen molar-refractivity contribution in [1.29, 1.82) is 0 Å². The molecule has 1 unspecified atom stereocenters. The number of aliphatic hydroxyl groups excluding tert-OH is 1. The van der Waals surface area contributed by atoms with Crippen LogP contribution in [0, 0.1) is 0 Å². The number of hydrogen-bond acceptors (Lipinski definition) is 3. The molecule has 15 heavy (non-hydrogen) atoms. The van der Waals surface area contributed by atoms with Crippen LogP contribution in [-0.4, -0.2) is 19.9 Å². The first-order valence-corrected chi connectivity index (χ1v) is 5.30. The third kappa shape index (κ3) is 2.08. The van der Waals surface area contributed by atoms with Gasteiger partial charge in [-0.15, -0.1) is 0 Å². The largest absolute Gasteiger partial charge is 0.389 e.